The number of para-hydroxylation sites is 2. The molecule has 0 aliphatic carbocycles. The smallest absolute Gasteiger partial charge is 0.179 e. The summed E-state index contributed by atoms with van der Waals surface area (Å²) < 4.78 is 0. The zero-order chi connectivity index (χ0) is 28.8. The van der Waals surface area contributed by atoms with Crippen molar-refractivity contribution in [3.8, 4) is 22.5 Å². The minimum absolute atomic E-state index is 0.0448. The van der Waals surface area contributed by atoms with Crippen LogP contribution in [0.5, 0.6) is 0 Å². The van der Waals surface area contributed by atoms with Gasteiger partial charge in [-0.15, -0.1) is 0 Å². The molecular weight excluding hydrogens is 512 g/mol. The topological polar surface area (TPSA) is 32.3 Å². The summed E-state index contributed by atoms with van der Waals surface area (Å²) in [5.41, 5.74) is 10.0. The highest BCUT2D eigenvalue weighted by atomic mass is 15.5. The van der Waals surface area contributed by atoms with Gasteiger partial charge in [-0.3, -0.25) is 9.80 Å². The second-order valence-corrected chi connectivity index (χ2v) is 11.4. The first-order chi connectivity index (χ1) is 20.6. The zero-order valence-corrected chi connectivity index (χ0v) is 24.8. The Bertz CT molecular complexity index is 1800. The van der Waals surface area contributed by atoms with Crippen LogP contribution in [0.1, 0.15) is 43.4 Å². The van der Waals surface area contributed by atoms with Crippen LogP contribution in [0.15, 0.2) is 115 Å². The molecule has 7 rings (SSSR count). The molecule has 5 aromatic rings. The van der Waals surface area contributed by atoms with Crippen LogP contribution in [0.4, 0.5) is 23.0 Å². The lowest BCUT2D eigenvalue weighted by atomic mass is 9.75. The van der Waals surface area contributed by atoms with Gasteiger partial charge in [-0.05, 0) is 67.7 Å². The fraction of sp³-hybridized carbons (Fsp3) is 0.211. The third-order valence-corrected chi connectivity index (χ3v) is 9.23. The summed E-state index contributed by atoms with van der Waals surface area (Å²) in [7, 11) is 0. The number of fused-ring (bicyclic) bond motifs is 5. The molecule has 2 aliphatic heterocycles. The summed E-state index contributed by atoms with van der Waals surface area (Å²) >= 11 is 0. The molecule has 0 fully saturated rings. The molecule has 0 radical (unpaired) electrons. The molecule has 4 heteroatoms. The molecule has 42 heavy (non-hydrogen) atoms. The van der Waals surface area contributed by atoms with Gasteiger partial charge in [0.05, 0.1) is 11.4 Å². The molecule has 0 saturated heterocycles. The van der Waals surface area contributed by atoms with E-state index < -0.39 is 0 Å². The zero-order valence-electron chi connectivity index (χ0n) is 24.8. The number of benzene rings is 4. The van der Waals surface area contributed by atoms with E-state index in [2.05, 4.69) is 153 Å². The SMILES string of the molecule is CCC1(CC)C=CC2N(c3ccccc3)c3nc(-c4ccccc4C)c(-c4ccccc4C)nc3N2c2ccccc21. The molecule has 0 bridgehead atoms. The van der Waals surface area contributed by atoms with Gasteiger partial charge in [0.2, 0.25) is 0 Å². The number of hydrogen-bond donors (Lipinski definition) is 0. The Kier molecular flexibility index (Phi) is 6.42. The van der Waals surface area contributed by atoms with Gasteiger partial charge in [0, 0.05) is 27.9 Å². The molecule has 2 aliphatic rings. The largest absolute Gasteiger partial charge is 0.298 e. The van der Waals surface area contributed by atoms with Gasteiger partial charge >= 0.3 is 0 Å². The number of nitrogens with zero attached hydrogens (tertiary/aromatic N) is 4. The standard InChI is InChI=1S/C38H36N4/c1-5-38(6-2)25-24-33-41(28-18-8-7-9-19-28)36-37(42(33)32-23-15-14-22-31(32)38)40-35(30-21-13-11-17-27(30)4)34(39-36)29-20-12-10-16-26(29)3/h7-25,33H,5-6H2,1-4H3. The van der Waals surface area contributed by atoms with Gasteiger partial charge in [-0.2, -0.15) is 0 Å². The normalized spacial score (nSPS) is 16.5. The van der Waals surface area contributed by atoms with E-state index in [-0.39, 0.29) is 11.6 Å². The van der Waals surface area contributed by atoms with E-state index in [0.717, 1.165) is 52.7 Å². The number of aromatic nitrogens is 2. The maximum Gasteiger partial charge on any atom is 0.179 e. The van der Waals surface area contributed by atoms with Crippen LogP contribution in [0.3, 0.4) is 0 Å². The van der Waals surface area contributed by atoms with E-state index >= 15 is 0 Å². The Morgan fingerprint density at radius 1 is 0.619 bits per heavy atom. The minimum atomic E-state index is -0.0969. The first-order valence-corrected chi connectivity index (χ1v) is 15.0. The molecule has 208 valence electrons. The number of allylic oxidation sites excluding steroid dienone is 1. The Hall–Kier alpha value is -4.70. The van der Waals surface area contributed by atoms with Crippen molar-refractivity contribution < 1.29 is 0 Å². The number of aryl methyl sites for hydroxylation is 2. The molecule has 1 atom stereocenters. The predicted octanol–water partition coefficient (Wildman–Crippen LogP) is 9.67. The van der Waals surface area contributed by atoms with E-state index in [1.165, 1.54) is 22.4 Å². The van der Waals surface area contributed by atoms with Gasteiger partial charge in [0.25, 0.3) is 0 Å². The lowest BCUT2D eigenvalue weighted by Crippen LogP contribution is -2.36. The highest BCUT2D eigenvalue weighted by molar-refractivity contribution is 5.91. The first-order valence-electron chi connectivity index (χ1n) is 15.0. The monoisotopic (exact) mass is 548 g/mol. The molecule has 1 aromatic heterocycles. The van der Waals surface area contributed by atoms with Crippen molar-refractivity contribution >= 4 is 23.0 Å². The second-order valence-electron chi connectivity index (χ2n) is 11.4. The maximum absolute atomic E-state index is 5.59. The summed E-state index contributed by atoms with van der Waals surface area (Å²) in [5.74, 6) is 1.77. The molecular formula is C38H36N4. The molecule has 4 nitrogen and oxygen atoms in total. The quantitative estimate of drug-likeness (QED) is 0.205. The fourth-order valence-corrected chi connectivity index (χ4v) is 6.78. The Morgan fingerprint density at radius 2 is 1.14 bits per heavy atom. The lowest BCUT2D eigenvalue weighted by molar-refractivity contribution is 0.499. The van der Waals surface area contributed by atoms with Gasteiger partial charge in [-0.1, -0.05) is 105 Å². The molecule has 4 aromatic carbocycles. The molecule has 0 amide bonds. The molecule has 3 heterocycles. The number of rotatable bonds is 5. The van der Waals surface area contributed by atoms with Gasteiger partial charge < -0.3 is 0 Å². The van der Waals surface area contributed by atoms with E-state index in [9.17, 15) is 0 Å². The van der Waals surface area contributed by atoms with Crippen LogP contribution in [0.2, 0.25) is 0 Å². The average Bonchev–Trinajstić information content (AvgIpc) is 3.27. The van der Waals surface area contributed by atoms with Crippen LogP contribution in [0, 0.1) is 13.8 Å². The van der Waals surface area contributed by atoms with Crippen LogP contribution < -0.4 is 9.80 Å². The molecule has 0 spiro atoms. The fourth-order valence-electron chi connectivity index (χ4n) is 6.78. The van der Waals surface area contributed by atoms with Crippen LogP contribution in [0.25, 0.3) is 22.5 Å². The third-order valence-electron chi connectivity index (χ3n) is 9.23. The first kappa shape index (κ1) is 26.2. The average molecular weight is 549 g/mol. The van der Waals surface area contributed by atoms with E-state index in [1.54, 1.807) is 0 Å². The Labute approximate surface area is 249 Å². The summed E-state index contributed by atoms with van der Waals surface area (Å²) in [6.07, 6.45) is 6.79. The van der Waals surface area contributed by atoms with Crippen LogP contribution in [-0.4, -0.2) is 16.1 Å². The van der Waals surface area contributed by atoms with Crippen LogP contribution >= 0.6 is 0 Å². The Balaban J connectivity index is 1.58. The van der Waals surface area contributed by atoms with Crippen molar-refractivity contribution in [2.24, 2.45) is 0 Å². The van der Waals surface area contributed by atoms with Crippen LogP contribution in [-0.2, 0) is 5.41 Å². The van der Waals surface area contributed by atoms with Gasteiger partial charge in [0.15, 0.2) is 11.6 Å². The molecule has 1 unspecified atom stereocenters. The minimum Gasteiger partial charge on any atom is -0.298 e. The van der Waals surface area contributed by atoms with E-state index in [4.69, 9.17) is 9.97 Å². The van der Waals surface area contributed by atoms with Crippen molar-refractivity contribution in [2.45, 2.75) is 52.1 Å². The predicted molar refractivity (Wildman–Crippen MR) is 175 cm³/mol. The highest BCUT2D eigenvalue weighted by Crippen LogP contribution is 2.53. The third kappa shape index (κ3) is 3.97. The summed E-state index contributed by atoms with van der Waals surface area (Å²) in [5, 5.41) is 0. The lowest BCUT2D eigenvalue weighted by Gasteiger charge is -2.32. The Morgan fingerprint density at radius 3 is 1.74 bits per heavy atom. The number of anilines is 4. The summed E-state index contributed by atoms with van der Waals surface area (Å²) in [6, 6.07) is 36.5. The molecule has 0 saturated carbocycles. The number of hydrogen-bond acceptors (Lipinski definition) is 4. The summed E-state index contributed by atoms with van der Waals surface area (Å²) in [4.78, 5) is 15.9. The highest BCUT2D eigenvalue weighted by Gasteiger charge is 2.44. The second kappa shape index (κ2) is 10.3. The van der Waals surface area contributed by atoms with Crippen molar-refractivity contribution in [3.05, 3.63) is 132 Å². The van der Waals surface area contributed by atoms with Crippen molar-refractivity contribution in [2.75, 3.05) is 9.80 Å². The van der Waals surface area contributed by atoms with Crippen molar-refractivity contribution in [1.82, 2.24) is 9.97 Å². The van der Waals surface area contributed by atoms with Crippen molar-refractivity contribution in [1.29, 1.82) is 0 Å². The van der Waals surface area contributed by atoms with Gasteiger partial charge in [0.1, 0.15) is 6.17 Å². The maximum atomic E-state index is 5.59. The van der Waals surface area contributed by atoms with Crippen molar-refractivity contribution in [3.63, 3.8) is 0 Å². The van der Waals surface area contributed by atoms with E-state index in [0.29, 0.717) is 0 Å². The molecule has 0 N–H and O–H groups in total. The van der Waals surface area contributed by atoms with E-state index in [1.807, 2.05) is 0 Å². The summed E-state index contributed by atoms with van der Waals surface area (Å²) in [6.45, 7) is 8.91. The van der Waals surface area contributed by atoms with Gasteiger partial charge in [-0.25, -0.2) is 9.97 Å².